The van der Waals surface area contributed by atoms with Crippen molar-refractivity contribution in [2.45, 2.75) is 6.42 Å². The van der Waals surface area contributed by atoms with Crippen LogP contribution < -0.4 is 19.3 Å². The summed E-state index contributed by atoms with van der Waals surface area (Å²) in [6.45, 7) is 0.388. The number of ether oxygens (including phenoxy) is 2. The van der Waals surface area contributed by atoms with Crippen LogP contribution in [0.3, 0.4) is 0 Å². The van der Waals surface area contributed by atoms with Crippen molar-refractivity contribution in [2.24, 2.45) is 5.92 Å². The van der Waals surface area contributed by atoms with Crippen molar-refractivity contribution in [1.82, 2.24) is 0 Å². The summed E-state index contributed by atoms with van der Waals surface area (Å²) in [5, 5.41) is 0. The van der Waals surface area contributed by atoms with Crippen LogP contribution in [0.4, 0.5) is 11.4 Å². The zero-order valence-electron chi connectivity index (χ0n) is 15.1. The zero-order valence-corrected chi connectivity index (χ0v) is 15.1. The summed E-state index contributed by atoms with van der Waals surface area (Å²) in [5.41, 5.74) is 1.51. The lowest BCUT2D eigenvalue weighted by atomic mass is 10.1. The van der Waals surface area contributed by atoms with Gasteiger partial charge in [0.1, 0.15) is 0 Å². The fraction of sp³-hybridized carbons (Fsp3) is 0.300. The second kappa shape index (κ2) is 7.47. The Morgan fingerprint density at radius 3 is 2.42 bits per heavy atom. The quantitative estimate of drug-likeness (QED) is 0.828. The fourth-order valence-corrected chi connectivity index (χ4v) is 3.17. The summed E-state index contributed by atoms with van der Waals surface area (Å²) >= 11 is 0. The average molecular weight is 354 g/mol. The number of rotatable bonds is 5. The van der Waals surface area contributed by atoms with Crippen LogP contribution >= 0.6 is 0 Å². The van der Waals surface area contributed by atoms with Crippen molar-refractivity contribution in [2.75, 3.05) is 37.6 Å². The predicted octanol–water partition coefficient (Wildman–Crippen LogP) is 2.72. The van der Waals surface area contributed by atoms with Crippen molar-refractivity contribution in [3.05, 3.63) is 48.5 Å². The van der Waals surface area contributed by atoms with Crippen molar-refractivity contribution in [3.8, 4) is 11.5 Å². The molecule has 3 rings (SSSR count). The van der Waals surface area contributed by atoms with E-state index in [0.717, 1.165) is 5.69 Å². The molecule has 2 amide bonds. The van der Waals surface area contributed by atoms with Gasteiger partial charge in [0.15, 0.2) is 11.5 Å². The standard InChI is InChI=1S/C20H22N2O4/c1-21(16-9-10-17(25-2)18(12-16)26-3)20(24)14-11-19(23)22(13-14)15-7-5-4-6-8-15/h4-10,12,14H,11,13H2,1-3H3. The topological polar surface area (TPSA) is 59.1 Å². The van der Waals surface area contributed by atoms with Crippen LogP contribution in [0.5, 0.6) is 11.5 Å². The third-order valence-corrected chi connectivity index (χ3v) is 4.63. The van der Waals surface area contributed by atoms with Crippen LogP contribution in [-0.4, -0.2) is 39.6 Å². The SMILES string of the molecule is COc1ccc(N(C)C(=O)C2CC(=O)N(c3ccccc3)C2)cc1OC. The molecule has 1 heterocycles. The Morgan fingerprint density at radius 2 is 1.77 bits per heavy atom. The molecule has 1 saturated heterocycles. The van der Waals surface area contributed by atoms with Gasteiger partial charge in [-0.1, -0.05) is 18.2 Å². The van der Waals surface area contributed by atoms with Crippen LogP contribution in [0, 0.1) is 5.92 Å². The molecule has 0 bridgehead atoms. The average Bonchev–Trinajstić information content (AvgIpc) is 3.08. The fourth-order valence-electron chi connectivity index (χ4n) is 3.17. The van der Waals surface area contributed by atoms with Gasteiger partial charge in [0.25, 0.3) is 0 Å². The molecule has 6 nitrogen and oxygen atoms in total. The lowest BCUT2D eigenvalue weighted by Crippen LogP contribution is -2.34. The summed E-state index contributed by atoms with van der Waals surface area (Å²) in [7, 11) is 4.82. The van der Waals surface area contributed by atoms with Gasteiger partial charge in [0, 0.05) is 37.5 Å². The van der Waals surface area contributed by atoms with E-state index in [2.05, 4.69) is 0 Å². The molecule has 0 aromatic heterocycles. The van der Waals surface area contributed by atoms with Gasteiger partial charge in [-0.25, -0.2) is 0 Å². The van der Waals surface area contributed by atoms with Gasteiger partial charge in [-0.2, -0.15) is 0 Å². The van der Waals surface area contributed by atoms with E-state index in [4.69, 9.17) is 9.47 Å². The second-order valence-electron chi connectivity index (χ2n) is 6.18. The van der Waals surface area contributed by atoms with Crippen LogP contribution in [0.2, 0.25) is 0 Å². The summed E-state index contributed by atoms with van der Waals surface area (Å²) < 4.78 is 10.5. The molecule has 1 aliphatic heterocycles. The lowest BCUT2D eigenvalue weighted by molar-refractivity contribution is -0.124. The number of carbonyl (C=O) groups is 2. The molecule has 1 unspecified atom stereocenters. The number of hydrogen-bond acceptors (Lipinski definition) is 4. The largest absolute Gasteiger partial charge is 0.493 e. The maximum atomic E-state index is 12.9. The van der Waals surface area contributed by atoms with Gasteiger partial charge in [-0.3, -0.25) is 9.59 Å². The number of nitrogens with zero attached hydrogens (tertiary/aromatic N) is 2. The Balaban J connectivity index is 1.76. The number of amides is 2. The van der Waals surface area contributed by atoms with Gasteiger partial charge >= 0.3 is 0 Å². The first-order valence-corrected chi connectivity index (χ1v) is 8.40. The van der Waals surface area contributed by atoms with E-state index >= 15 is 0 Å². The van der Waals surface area contributed by atoms with E-state index in [1.54, 1.807) is 49.3 Å². The highest BCUT2D eigenvalue weighted by molar-refractivity contribution is 6.04. The number of methoxy groups -OCH3 is 2. The first kappa shape index (κ1) is 17.8. The molecule has 0 N–H and O–H groups in total. The lowest BCUT2D eigenvalue weighted by Gasteiger charge is -2.22. The number of benzene rings is 2. The van der Waals surface area contributed by atoms with E-state index < -0.39 is 0 Å². The number of para-hydroxylation sites is 1. The Bertz CT molecular complexity index is 807. The monoisotopic (exact) mass is 354 g/mol. The molecule has 0 spiro atoms. The van der Waals surface area contributed by atoms with Crippen molar-refractivity contribution in [1.29, 1.82) is 0 Å². The van der Waals surface area contributed by atoms with Gasteiger partial charge in [0.2, 0.25) is 11.8 Å². The van der Waals surface area contributed by atoms with Gasteiger partial charge in [0.05, 0.1) is 20.1 Å². The first-order valence-electron chi connectivity index (χ1n) is 8.40. The normalized spacial score (nSPS) is 16.5. The molecule has 1 fully saturated rings. The maximum Gasteiger partial charge on any atom is 0.232 e. The van der Waals surface area contributed by atoms with E-state index in [1.807, 2.05) is 30.3 Å². The van der Waals surface area contributed by atoms with Crippen LogP contribution in [-0.2, 0) is 9.59 Å². The Kier molecular flexibility index (Phi) is 5.11. The Hall–Kier alpha value is -3.02. The molecule has 2 aromatic rings. The van der Waals surface area contributed by atoms with E-state index in [9.17, 15) is 9.59 Å². The predicted molar refractivity (Wildman–Crippen MR) is 99.9 cm³/mol. The summed E-state index contributed by atoms with van der Waals surface area (Å²) in [4.78, 5) is 28.5. The van der Waals surface area contributed by atoms with E-state index in [1.165, 1.54) is 0 Å². The third-order valence-electron chi connectivity index (χ3n) is 4.63. The van der Waals surface area contributed by atoms with Crippen LogP contribution in [0.1, 0.15) is 6.42 Å². The number of carbonyl (C=O) groups excluding carboxylic acids is 2. The molecule has 0 radical (unpaired) electrons. The molecular weight excluding hydrogens is 332 g/mol. The summed E-state index contributed by atoms with van der Waals surface area (Å²) in [6.07, 6.45) is 0.214. The molecule has 26 heavy (non-hydrogen) atoms. The molecule has 6 heteroatoms. The van der Waals surface area contributed by atoms with Gasteiger partial charge in [-0.05, 0) is 24.3 Å². The molecule has 2 aromatic carbocycles. The Labute approximate surface area is 152 Å². The molecule has 136 valence electrons. The highest BCUT2D eigenvalue weighted by Crippen LogP contribution is 2.33. The van der Waals surface area contributed by atoms with E-state index in [-0.39, 0.29) is 24.2 Å². The van der Waals surface area contributed by atoms with Crippen molar-refractivity contribution >= 4 is 23.2 Å². The van der Waals surface area contributed by atoms with Crippen molar-refractivity contribution in [3.63, 3.8) is 0 Å². The Morgan fingerprint density at radius 1 is 1.08 bits per heavy atom. The molecule has 0 aliphatic carbocycles. The van der Waals surface area contributed by atoms with Crippen LogP contribution in [0.15, 0.2) is 48.5 Å². The summed E-state index contributed by atoms with van der Waals surface area (Å²) in [5.74, 6) is 0.654. The smallest absolute Gasteiger partial charge is 0.232 e. The van der Waals surface area contributed by atoms with Gasteiger partial charge < -0.3 is 19.3 Å². The first-order chi connectivity index (χ1) is 12.5. The number of hydrogen-bond donors (Lipinski definition) is 0. The molecular formula is C20H22N2O4. The third kappa shape index (κ3) is 3.35. The minimum Gasteiger partial charge on any atom is -0.493 e. The number of anilines is 2. The van der Waals surface area contributed by atoms with Gasteiger partial charge in [-0.15, -0.1) is 0 Å². The highest BCUT2D eigenvalue weighted by Gasteiger charge is 2.36. The maximum absolute atomic E-state index is 12.9. The summed E-state index contributed by atoms with van der Waals surface area (Å²) in [6, 6.07) is 14.7. The molecule has 0 saturated carbocycles. The minimum atomic E-state index is -0.374. The molecule has 1 atom stereocenters. The zero-order chi connectivity index (χ0) is 18.7. The van der Waals surface area contributed by atoms with Crippen molar-refractivity contribution < 1.29 is 19.1 Å². The van der Waals surface area contributed by atoms with E-state index in [0.29, 0.717) is 23.7 Å². The second-order valence-corrected chi connectivity index (χ2v) is 6.18. The highest BCUT2D eigenvalue weighted by atomic mass is 16.5. The molecule has 1 aliphatic rings. The van der Waals surface area contributed by atoms with Crippen LogP contribution in [0.25, 0.3) is 0 Å². The minimum absolute atomic E-state index is 0.0322.